The summed E-state index contributed by atoms with van der Waals surface area (Å²) >= 11 is 7.22. The Hall–Kier alpha value is -2.70. The van der Waals surface area contributed by atoms with Crippen LogP contribution in [0.15, 0.2) is 60.1 Å². The lowest BCUT2D eigenvalue weighted by molar-refractivity contribution is 0.101. The van der Waals surface area contributed by atoms with Gasteiger partial charge in [-0.25, -0.2) is 0 Å². The second-order valence-corrected chi connectivity index (χ2v) is 6.21. The highest BCUT2D eigenvalue weighted by atomic mass is 35.5. The van der Waals surface area contributed by atoms with Crippen LogP contribution in [0.2, 0.25) is 5.02 Å². The minimum Gasteiger partial charge on any atom is -0.321 e. The molecule has 0 bridgehead atoms. The van der Waals surface area contributed by atoms with E-state index >= 15 is 0 Å². The first-order chi connectivity index (χ1) is 11.6. The zero-order valence-corrected chi connectivity index (χ0v) is 13.9. The molecule has 3 aromatic rings. The third-order valence-corrected chi connectivity index (χ3v) is 4.18. The summed E-state index contributed by atoms with van der Waals surface area (Å²) < 4.78 is 0. The molecule has 0 saturated carbocycles. The van der Waals surface area contributed by atoms with E-state index in [0.29, 0.717) is 21.3 Å². The molecule has 2 N–H and O–H groups in total. The van der Waals surface area contributed by atoms with Crippen LogP contribution in [0.4, 0.5) is 11.4 Å². The number of nitrogens with zero attached hydrogens (tertiary/aromatic N) is 1. The van der Waals surface area contributed by atoms with Gasteiger partial charge >= 0.3 is 0 Å². The molecule has 7 heteroatoms. The van der Waals surface area contributed by atoms with Crippen LogP contribution in [-0.4, -0.2) is 16.8 Å². The van der Waals surface area contributed by atoms with Gasteiger partial charge in [-0.1, -0.05) is 23.7 Å². The summed E-state index contributed by atoms with van der Waals surface area (Å²) in [6, 6.07) is 13.5. The minimum atomic E-state index is -0.376. The SMILES string of the molecule is O=C(Nc1cccc(NC(=O)c2cccs2)c1)c1cc(Cl)ccn1. The molecule has 2 aromatic heterocycles. The molecule has 2 heterocycles. The summed E-state index contributed by atoms with van der Waals surface area (Å²) in [5.41, 5.74) is 1.35. The summed E-state index contributed by atoms with van der Waals surface area (Å²) in [7, 11) is 0. The molecule has 5 nitrogen and oxygen atoms in total. The number of amides is 2. The Labute approximate surface area is 147 Å². The van der Waals surface area contributed by atoms with Crippen molar-refractivity contribution in [2.24, 2.45) is 0 Å². The van der Waals surface area contributed by atoms with Crippen LogP contribution >= 0.6 is 22.9 Å². The van der Waals surface area contributed by atoms with Crippen LogP contribution in [0.3, 0.4) is 0 Å². The number of benzene rings is 1. The number of anilines is 2. The molecule has 0 spiro atoms. The van der Waals surface area contributed by atoms with Gasteiger partial charge in [0.2, 0.25) is 0 Å². The third kappa shape index (κ3) is 3.98. The van der Waals surface area contributed by atoms with Gasteiger partial charge in [0.15, 0.2) is 0 Å². The van der Waals surface area contributed by atoms with E-state index in [0.717, 1.165) is 0 Å². The van der Waals surface area contributed by atoms with E-state index in [-0.39, 0.29) is 17.5 Å². The van der Waals surface area contributed by atoms with Gasteiger partial charge in [-0.2, -0.15) is 0 Å². The molecule has 0 aliphatic rings. The van der Waals surface area contributed by atoms with Crippen molar-refractivity contribution in [2.75, 3.05) is 10.6 Å². The summed E-state index contributed by atoms with van der Waals surface area (Å²) in [4.78, 5) is 28.8. The second kappa shape index (κ2) is 7.25. The Balaban J connectivity index is 1.71. The van der Waals surface area contributed by atoms with Gasteiger partial charge < -0.3 is 10.6 Å². The highest BCUT2D eigenvalue weighted by Crippen LogP contribution is 2.18. The highest BCUT2D eigenvalue weighted by Gasteiger charge is 2.10. The van der Waals surface area contributed by atoms with Crippen molar-refractivity contribution in [1.82, 2.24) is 4.98 Å². The standard InChI is InChI=1S/C17H12ClN3O2S/c18-11-6-7-19-14(9-11)16(22)20-12-3-1-4-13(10-12)21-17(23)15-5-2-8-24-15/h1-10H,(H,20,22)(H,21,23). The van der Waals surface area contributed by atoms with Crippen molar-refractivity contribution < 1.29 is 9.59 Å². The van der Waals surface area contributed by atoms with Crippen molar-refractivity contribution in [2.45, 2.75) is 0 Å². The predicted octanol–water partition coefficient (Wildman–Crippen LogP) is 4.30. The number of aromatic nitrogens is 1. The fraction of sp³-hybridized carbons (Fsp3) is 0. The molecular weight excluding hydrogens is 346 g/mol. The Kier molecular flexibility index (Phi) is 4.88. The zero-order chi connectivity index (χ0) is 16.9. The van der Waals surface area contributed by atoms with Gasteiger partial charge in [0, 0.05) is 22.6 Å². The van der Waals surface area contributed by atoms with E-state index in [9.17, 15) is 9.59 Å². The predicted molar refractivity (Wildman–Crippen MR) is 95.9 cm³/mol. The average molecular weight is 358 g/mol. The van der Waals surface area contributed by atoms with E-state index in [1.165, 1.54) is 23.6 Å². The van der Waals surface area contributed by atoms with Gasteiger partial charge in [0.25, 0.3) is 11.8 Å². The second-order valence-electron chi connectivity index (χ2n) is 4.83. The van der Waals surface area contributed by atoms with E-state index in [4.69, 9.17) is 11.6 Å². The number of pyridine rings is 1. The Morgan fingerprint density at radius 2 is 1.71 bits per heavy atom. The van der Waals surface area contributed by atoms with Crippen LogP contribution in [-0.2, 0) is 0 Å². The van der Waals surface area contributed by atoms with Gasteiger partial charge in [0.1, 0.15) is 5.69 Å². The number of nitrogens with one attached hydrogen (secondary N) is 2. The number of carbonyl (C=O) groups excluding carboxylic acids is 2. The number of hydrogen-bond acceptors (Lipinski definition) is 4. The summed E-state index contributed by atoms with van der Waals surface area (Å²) in [5.74, 6) is -0.566. The lowest BCUT2D eigenvalue weighted by atomic mass is 10.2. The van der Waals surface area contributed by atoms with Gasteiger partial charge in [0.05, 0.1) is 4.88 Å². The number of rotatable bonds is 4. The first-order valence-corrected chi connectivity index (χ1v) is 8.25. The van der Waals surface area contributed by atoms with Crippen molar-refractivity contribution in [3.05, 3.63) is 75.7 Å². The first kappa shape index (κ1) is 16.2. The molecule has 0 fully saturated rings. The van der Waals surface area contributed by atoms with Crippen LogP contribution in [0, 0.1) is 0 Å². The average Bonchev–Trinajstić information content (AvgIpc) is 3.10. The maximum absolute atomic E-state index is 12.2. The van der Waals surface area contributed by atoms with Crippen molar-refractivity contribution in [1.29, 1.82) is 0 Å². The molecule has 24 heavy (non-hydrogen) atoms. The van der Waals surface area contributed by atoms with Crippen molar-refractivity contribution >= 4 is 46.1 Å². The van der Waals surface area contributed by atoms with Gasteiger partial charge in [-0.05, 0) is 41.8 Å². The Morgan fingerprint density at radius 3 is 2.38 bits per heavy atom. The maximum atomic E-state index is 12.2. The summed E-state index contributed by atoms with van der Waals surface area (Å²) in [5, 5.41) is 7.79. The molecule has 0 saturated heterocycles. The third-order valence-electron chi connectivity index (χ3n) is 3.08. The molecule has 0 aliphatic carbocycles. The topological polar surface area (TPSA) is 71.1 Å². The number of carbonyl (C=O) groups is 2. The highest BCUT2D eigenvalue weighted by molar-refractivity contribution is 7.12. The van der Waals surface area contributed by atoms with E-state index < -0.39 is 0 Å². The maximum Gasteiger partial charge on any atom is 0.274 e. The largest absolute Gasteiger partial charge is 0.321 e. The fourth-order valence-corrected chi connectivity index (χ4v) is 2.78. The summed E-state index contributed by atoms with van der Waals surface area (Å²) in [6.07, 6.45) is 1.47. The molecule has 3 rings (SSSR count). The van der Waals surface area contributed by atoms with E-state index in [1.807, 2.05) is 11.4 Å². The summed E-state index contributed by atoms with van der Waals surface area (Å²) in [6.45, 7) is 0. The van der Waals surface area contributed by atoms with E-state index in [1.54, 1.807) is 36.4 Å². The number of thiophene rings is 1. The molecule has 0 aliphatic heterocycles. The molecule has 0 unspecified atom stereocenters. The number of halogens is 1. The molecule has 0 atom stereocenters. The molecule has 1 aromatic carbocycles. The molecule has 0 radical (unpaired) electrons. The molecule has 2 amide bonds. The van der Waals surface area contributed by atoms with Crippen molar-refractivity contribution in [3.63, 3.8) is 0 Å². The lowest BCUT2D eigenvalue weighted by Gasteiger charge is -2.08. The molecular formula is C17H12ClN3O2S. The first-order valence-electron chi connectivity index (χ1n) is 6.99. The molecule has 120 valence electrons. The fourth-order valence-electron chi connectivity index (χ4n) is 2.00. The van der Waals surface area contributed by atoms with Crippen LogP contribution < -0.4 is 10.6 Å². The van der Waals surface area contributed by atoms with Crippen LogP contribution in [0.5, 0.6) is 0 Å². The Bertz CT molecular complexity index is 881. The quantitative estimate of drug-likeness (QED) is 0.731. The monoisotopic (exact) mass is 357 g/mol. The smallest absolute Gasteiger partial charge is 0.274 e. The van der Waals surface area contributed by atoms with Gasteiger partial charge in [-0.15, -0.1) is 11.3 Å². The normalized spacial score (nSPS) is 10.2. The van der Waals surface area contributed by atoms with Crippen LogP contribution in [0.25, 0.3) is 0 Å². The van der Waals surface area contributed by atoms with Gasteiger partial charge in [-0.3, -0.25) is 14.6 Å². The zero-order valence-electron chi connectivity index (χ0n) is 12.3. The Morgan fingerprint density at radius 1 is 0.958 bits per heavy atom. The van der Waals surface area contributed by atoms with Crippen LogP contribution in [0.1, 0.15) is 20.2 Å². The minimum absolute atomic E-state index is 0.190. The van der Waals surface area contributed by atoms with Crippen molar-refractivity contribution in [3.8, 4) is 0 Å². The number of hydrogen-bond donors (Lipinski definition) is 2. The van der Waals surface area contributed by atoms with E-state index in [2.05, 4.69) is 15.6 Å². The lowest BCUT2D eigenvalue weighted by Crippen LogP contribution is -2.14.